The van der Waals surface area contributed by atoms with Gasteiger partial charge in [-0.25, -0.2) is 13.4 Å². The lowest BCUT2D eigenvalue weighted by Gasteiger charge is -2.25. The fourth-order valence-corrected chi connectivity index (χ4v) is 5.60. The molecule has 2 aromatic carbocycles. The van der Waals surface area contributed by atoms with Gasteiger partial charge in [-0.15, -0.1) is 13.2 Å². The van der Waals surface area contributed by atoms with E-state index in [1.54, 1.807) is 24.3 Å². The van der Waals surface area contributed by atoms with Crippen LogP contribution >= 0.6 is 0 Å². The summed E-state index contributed by atoms with van der Waals surface area (Å²) in [4.78, 5) is 4.77. The molecule has 1 aliphatic heterocycles. The third-order valence-electron chi connectivity index (χ3n) is 5.62. The maximum Gasteiger partial charge on any atom is 0.573 e. The summed E-state index contributed by atoms with van der Waals surface area (Å²) in [5, 5.41) is 2.95. The molecule has 0 unspecified atom stereocenters. The first-order valence-electron chi connectivity index (χ1n) is 10.8. The van der Waals surface area contributed by atoms with Gasteiger partial charge in [-0.3, -0.25) is 0 Å². The number of aromatic nitrogens is 2. The van der Waals surface area contributed by atoms with E-state index in [9.17, 15) is 21.6 Å². The molecule has 0 atom stereocenters. The number of benzene rings is 2. The Balaban J connectivity index is 1.61. The molecule has 0 radical (unpaired) electrons. The van der Waals surface area contributed by atoms with Gasteiger partial charge >= 0.3 is 6.36 Å². The highest BCUT2D eigenvalue weighted by Gasteiger charge is 2.32. The number of nitrogens with zero attached hydrogens (tertiary/aromatic N) is 3. The van der Waals surface area contributed by atoms with Crippen LogP contribution in [0.4, 0.5) is 18.9 Å². The van der Waals surface area contributed by atoms with Crippen molar-refractivity contribution >= 4 is 26.7 Å². The van der Waals surface area contributed by atoms with Gasteiger partial charge in [-0.2, -0.15) is 4.31 Å². The molecule has 0 spiro atoms. The molecule has 3 aromatic rings. The van der Waals surface area contributed by atoms with Crippen molar-refractivity contribution in [1.29, 1.82) is 0 Å². The van der Waals surface area contributed by atoms with Crippen molar-refractivity contribution in [2.24, 2.45) is 0 Å². The molecule has 0 bridgehead atoms. The smallest absolute Gasteiger partial charge is 0.404 e. The molecule has 0 saturated carbocycles. The van der Waals surface area contributed by atoms with Crippen molar-refractivity contribution < 1.29 is 26.3 Å². The van der Waals surface area contributed by atoms with E-state index in [1.807, 2.05) is 11.5 Å². The summed E-state index contributed by atoms with van der Waals surface area (Å²) in [6.45, 7) is 3.64. The molecule has 178 valence electrons. The number of anilines is 1. The molecule has 0 aliphatic carbocycles. The number of aryl methyl sites for hydroxylation is 1. The zero-order chi connectivity index (χ0) is 23.6. The summed E-state index contributed by atoms with van der Waals surface area (Å²) in [5.74, 6) is 0.237. The van der Waals surface area contributed by atoms with E-state index in [-0.39, 0.29) is 22.9 Å². The molecule has 1 aliphatic rings. The Kier molecular flexibility index (Phi) is 6.53. The standard InChI is InChI=1S/C22H25F3N4O3S/c1-2-29-19-11-10-16(33(30,31)28-12-6-3-7-13-28)14-18(19)27-21(29)15-26-17-8-4-5-9-20(17)32-22(23,24)25/h4-5,8-11,14,26H,2-3,6-7,12-13,15H2,1H3. The maximum atomic E-state index is 13.0. The number of ether oxygens (including phenoxy) is 1. The molecule has 0 amide bonds. The van der Waals surface area contributed by atoms with Crippen LogP contribution in [0, 0.1) is 0 Å². The maximum absolute atomic E-state index is 13.0. The van der Waals surface area contributed by atoms with Gasteiger partial charge in [-0.05, 0) is 50.1 Å². The van der Waals surface area contributed by atoms with E-state index in [0.29, 0.717) is 31.0 Å². The molecule has 1 saturated heterocycles. The van der Waals surface area contributed by atoms with Gasteiger partial charge in [0, 0.05) is 19.6 Å². The Bertz CT molecular complexity index is 1240. The largest absolute Gasteiger partial charge is 0.573 e. The van der Waals surface area contributed by atoms with Crippen LogP contribution in [-0.4, -0.2) is 41.7 Å². The van der Waals surface area contributed by atoms with Crippen molar-refractivity contribution in [1.82, 2.24) is 13.9 Å². The lowest BCUT2D eigenvalue weighted by molar-refractivity contribution is -0.274. The van der Waals surface area contributed by atoms with Gasteiger partial charge in [0.05, 0.1) is 28.2 Å². The SMILES string of the molecule is CCn1c(CNc2ccccc2OC(F)(F)F)nc2cc(S(=O)(=O)N3CCCCC3)ccc21. The molecule has 33 heavy (non-hydrogen) atoms. The zero-order valence-corrected chi connectivity index (χ0v) is 18.9. The number of fused-ring (bicyclic) bond motifs is 1. The fraction of sp³-hybridized carbons (Fsp3) is 0.409. The molecule has 4 rings (SSSR count). The second-order valence-corrected chi connectivity index (χ2v) is 9.72. The number of sulfonamides is 1. The number of piperidine rings is 1. The quantitative estimate of drug-likeness (QED) is 0.526. The van der Waals surface area contributed by atoms with Gasteiger partial charge < -0.3 is 14.6 Å². The number of halogens is 3. The van der Waals surface area contributed by atoms with Crippen LogP contribution < -0.4 is 10.1 Å². The van der Waals surface area contributed by atoms with E-state index in [4.69, 9.17) is 0 Å². The van der Waals surface area contributed by atoms with Gasteiger partial charge in [0.15, 0.2) is 5.75 Å². The number of imidazole rings is 1. The molecular weight excluding hydrogens is 457 g/mol. The fourth-order valence-electron chi connectivity index (χ4n) is 4.06. The van der Waals surface area contributed by atoms with Crippen molar-refractivity contribution in [3.8, 4) is 5.75 Å². The average molecular weight is 483 g/mol. The molecule has 2 heterocycles. The molecule has 1 aromatic heterocycles. The Morgan fingerprint density at radius 1 is 1.09 bits per heavy atom. The van der Waals surface area contributed by atoms with Crippen LogP contribution in [0.2, 0.25) is 0 Å². The Morgan fingerprint density at radius 2 is 1.82 bits per heavy atom. The van der Waals surface area contributed by atoms with Crippen molar-refractivity contribution in [2.45, 2.75) is 50.5 Å². The number of hydrogen-bond acceptors (Lipinski definition) is 5. The predicted octanol–water partition coefficient (Wildman–Crippen LogP) is 4.74. The summed E-state index contributed by atoms with van der Waals surface area (Å²) < 4.78 is 71.6. The minimum atomic E-state index is -4.80. The first-order chi connectivity index (χ1) is 15.7. The first kappa shape index (κ1) is 23.4. The molecule has 7 nitrogen and oxygen atoms in total. The highest BCUT2D eigenvalue weighted by Crippen LogP contribution is 2.31. The number of rotatable bonds is 7. The van der Waals surface area contributed by atoms with E-state index in [2.05, 4.69) is 15.0 Å². The number of para-hydroxylation sites is 2. The third-order valence-corrected chi connectivity index (χ3v) is 7.51. The second kappa shape index (κ2) is 9.22. The van der Waals surface area contributed by atoms with Crippen molar-refractivity contribution in [3.05, 3.63) is 48.3 Å². The summed E-state index contributed by atoms with van der Waals surface area (Å²) in [5.41, 5.74) is 1.45. The minimum Gasteiger partial charge on any atom is -0.404 e. The van der Waals surface area contributed by atoms with Gasteiger partial charge in [0.1, 0.15) is 5.82 Å². The Labute approximate surface area is 190 Å². The highest BCUT2D eigenvalue weighted by molar-refractivity contribution is 7.89. The summed E-state index contributed by atoms with van der Waals surface area (Å²) in [6, 6.07) is 10.7. The van der Waals surface area contributed by atoms with Crippen LogP contribution in [0.25, 0.3) is 11.0 Å². The van der Waals surface area contributed by atoms with Crippen LogP contribution in [0.1, 0.15) is 32.0 Å². The summed E-state index contributed by atoms with van der Waals surface area (Å²) in [6.07, 6.45) is -2.08. The van der Waals surface area contributed by atoms with Crippen molar-refractivity contribution in [2.75, 3.05) is 18.4 Å². The van der Waals surface area contributed by atoms with Crippen LogP contribution in [0.15, 0.2) is 47.4 Å². The highest BCUT2D eigenvalue weighted by atomic mass is 32.2. The summed E-state index contributed by atoms with van der Waals surface area (Å²) >= 11 is 0. The normalized spacial score (nSPS) is 15.6. The average Bonchev–Trinajstić information content (AvgIpc) is 3.14. The Hall–Kier alpha value is -2.79. The van der Waals surface area contributed by atoms with Crippen LogP contribution in [0.3, 0.4) is 0 Å². The molecular formula is C22H25F3N4O3S. The lowest BCUT2D eigenvalue weighted by atomic mass is 10.2. The number of nitrogens with one attached hydrogen (secondary N) is 1. The first-order valence-corrected chi connectivity index (χ1v) is 12.2. The van der Waals surface area contributed by atoms with Gasteiger partial charge in [0.2, 0.25) is 10.0 Å². The van der Waals surface area contributed by atoms with E-state index in [0.717, 1.165) is 24.8 Å². The number of hydrogen-bond donors (Lipinski definition) is 1. The van der Waals surface area contributed by atoms with Crippen LogP contribution in [-0.2, 0) is 23.1 Å². The predicted molar refractivity (Wildman–Crippen MR) is 118 cm³/mol. The van der Waals surface area contributed by atoms with Crippen LogP contribution in [0.5, 0.6) is 5.75 Å². The molecule has 11 heteroatoms. The van der Waals surface area contributed by atoms with E-state index >= 15 is 0 Å². The van der Waals surface area contributed by atoms with Gasteiger partial charge in [-0.1, -0.05) is 18.6 Å². The van der Waals surface area contributed by atoms with Gasteiger partial charge in [0.25, 0.3) is 0 Å². The topological polar surface area (TPSA) is 76.5 Å². The third kappa shape index (κ3) is 5.09. The zero-order valence-electron chi connectivity index (χ0n) is 18.1. The van der Waals surface area contributed by atoms with E-state index in [1.165, 1.54) is 22.5 Å². The number of alkyl halides is 3. The monoisotopic (exact) mass is 482 g/mol. The Morgan fingerprint density at radius 3 is 2.52 bits per heavy atom. The summed E-state index contributed by atoms with van der Waals surface area (Å²) in [7, 11) is -3.60. The molecule has 1 N–H and O–H groups in total. The second-order valence-electron chi connectivity index (χ2n) is 7.79. The van der Waals surface area contributed by atoms with E-state index < -0.39 is 16.4 Å². The van der Waals surface area contributed by atoms with Crippen molar-refractivity contribution in [3.63, 3.8) is 0 Å². The molecule has 1 fully saturated rings. The minimum absolute atomic E-state index is 0.134. The lowest BCUT2D eigenvalue weighted by Crippen LogP contribution is -2.35.